The third-order valence-corrected chi connectivity index (χ3v) is 5.50. The van der Waals surface area contributed by atoms with Gasteiger partial charge in [0.15, 0.2) is 11.2 Å². The number of benzene rings is 2. The summed E-state index contributed by atoms with van der Waals surface area (Å²) >= 11 is 6.17. The summed E-state index contributed by atoms with van der Waals surface area (Å²) in [6.45, 7) is 0. The molecule has 2 N–H and O–H groups in total. The number of halogens is 1. The van der Waals surface area contributed by atoms with Gasteiger partial charge in [0.05, 0.1) is 6.20 Å². The Bertz CT molecular complexity index is 1170. The maximum atomic E-state index is 13.0. The van der Waals surface area contributed by atoms with Crippen LogP contribution in [0.5, 0.6) is 0 Å². The van der Waals surface area contributed by atoms with E-state index in [4.69, 9.17) is 11.6 Å². The third-order valence-electron chi connectivity index (χ3n) is 5.26. The highest BCUT2D eigenvalue weighted by molar-refractivity contribution is 6.30. The first kappa shape index (κ1) is 17.0. The number of rotatable bonds is 4. The van der Waals surface area contributed by atoms with Gasteiger partial charge in [0.2, 0.25) is 0 Å². The largest absolute Gasteiger partial charge is 0.351 e. The summed E-state index contributed by atoms with van der Waals surface area (Å²) in [5.74, 6) is 0.811. The molecule has 2 atom stereocenters. The number of aromatic nitrogens is 2. The number of hydrogen-bond acceptors (Lipinski definition) is 1. The van der Waals surface area contributed by atoms with Crippen LogP contribution in [0.3, 0.4) is 0 Å². The molecule has 5 rings (SSSR count). The molecule has 0 unspecified atom stereocenters. The molecule has 28 heavy (non-hydrogen) atoms. The molecule has 1 amide bonds. The van der Waals surface area contributed by atoms with E-state index in [2.05, 4.69) is 22.4 Å². The van der Waals surface area contributed by atoms with Crippen LogP contribution in [0, 0.1) is 0 Å². The average molecular weight is 389 g/mol. The number of nitrogens with one attached hydrogen (secondary N) is 2. The Labute approximate surface area is 167 Å². The molecule has 1 aliphatic rings. The zero-order chi connectivity index (χ0) is 19.1. The maximum Gasteiger partial charge on any atom is 0.351 e. The van der Waals surface area contributed by atoms with Gasteiger partial charge in [-0.1, -0.05) is 60.1 Å². The van der Waals surface area contributed by atoms with Crippen molar-refractivity contribution in [3.8, 4) is 11.3 Å². The van der Waals surface area contributed by atoms with Gasteiger partial charge in [-0.25, -0.2) is 4.98 Å². The SMILES string of the molecule is O=C(N[C@H]1C[C@@H]1c1ccccc1)c1[nH]c(-c2cccc(Cl)c2)c2cccc[n+]12. The molecule has 1 saturated carbocycles. The molecule has 2 aromatic carbocycles. The Hall–Kier alpha value is -3.11. The quantitative estimate of drug-likeness (QED) is 0.501. The average Bonchev–Trinajstić information content (AvgIpc) is 3.38. The number of amides is 1. The maximum absolute atomic E-state index is 13.0. The molecular weight excluding hydrogens is 370 g/mol. The highest BCUT2D eigenvalue weighted by Crippen LogP contribution is 2.40. The van der Waals surface area contributed by atoms with Crippen molar-refractivity contribution >= 4 is 23.0 Å². The summed E-state index contributed by atoms with van der Waals surface area (Å²) < 4.78 is 1.89. The number of nitrogens with zero attached hydrogens (tertiary/aromatic N) is 1. The summed E-state index contributed by atoms with van der Waals surface area (Å²) in [6.07, 6.45) is 2.87. The lowest BCUT2D eigenvalue weighted by atomic mass is 10.1. The normalized spacial score (nSPS) is 18.2. The summed E-state index contributed by atoms with van der Waals surface area (Å²) in [4.78, 5) is 16.3. The van der Waals surface area contributed by atoms with Crippen molar-refractivity contribution in [2.75, 3.05) is 0 Å². The van der Waals surface area contributed by atoms with Crippen molar-refractivity contribution in [2.45, 2.75) is 18.4 Å². The minimum atomic E-state index is -0.0992. The first-order chi connectivity index (χ1) is 13.7. The summed E-state index contributed by atoms with van der Waals surface area (Å²) in [5.41, 5.74) is 4.04. The Morgan fingerprint density at radius 3 is 2.68 bits per heavy atom. The first-order valence-electron chi connectivity index (χ1n) is 9.35. The number of carbonyl (C=O) groups excluding carboxylic acids is 1. The number of carbonyl (C=O) groups is 1. The number of H-pyrrole nitrogens is 1. The second kappa shape index (κ2) is 6.80. The van der Waals surface area contributed by atoms with Crippen molar-refractivity contribution in [1.82, 2.24) is 10.3 Å². The third kappa shape index (κ3) is 3.06. The van der Waals surface area contributed by atoms with Crippen LogP contribution in [0.1, 0.15) is 28.5 Å². The summed E-state index contributed by atoms with van der Waals surface area (Å²) in [6, 6.07) is 24.0. The molecule has 2 aromatic heterocycles. The van der Waals surface area contributed by atoms with Gasteiger partial charge in [0.25, 0.3) is 0 Å². The highest BCUT2D eigenvalue weighted by atomic mass is 35.5. The lowest BCUT2D eigenvalue weighted by Crippen LogP contribution is -2.36. The predicted molar refractivity (Wildman–Crippen MR) is 109 cm³/mol. The number of aromatic amines is 1. The molecule has 4 nitrogen and oxygen atoms in total. The van der Waals surface area contributed by atoms with Crippen LogP contribution in [0.2, 0.25) is 5.02 Å². The predicted octanol–water partition coefficient (Wildman–Crippen LogP) is 4.36. The molecule has 1 fully saturated rings. The first-order valence-corrected chi connectivity index (χ1v) is 9.72. The van der Waals surface area contributed by atoms with E-state index in [0.29, 0.717) is 16.8 Å². The molecule has 5 heteroatoms. The lowest BCUT2D eigenvalue weighted by Gasteiger charge is -2.01. The second-order valence-corrected chi connectivity index (χ2v) is 7.58. The smallest absolute Gasteiger partial charge is 0.342 e. The van der Waals surface area contributed by atoms with Crippen molar-refractivity contribution < 1.29 is 9.20 Å². The van der Waals surface area contributed by atoms with Gasteiger partial charge in [0.1, 0.15) is 0 Å². The second-order valence-electron chi connectivity index (χ2n) is 7.15. The van der Waals surface area contributed by atoms with E-state index in [1.165, 1.54) is 5.56 Å². The van der Waals surface area contributed by atoms with Crippen LogP contribution in [-0.2, 0) is 0 Å². The van der Waals surface area contributed by atoms with E-state index in [1.807, 2.05) is 71.3 Å². The van der Waals surface area contributed by atoms with Gasteiger partial charge in [-0.05, 0) is 36.2 Å². The minimum Gasteiger partial charge on any atom is -0.342 e. The molecule has 0 spiro atoms. The van der Waals surface area contributed by atoms with E-state index in [1.54, 1.807) is 0 Å². The van der Waals surface area contributed by atoms with Gasteiger partial charge in [0, 0.05) is 22.5 Å². The topological polar surface area (TPSA) is 49.0 Å². The lowest BCUT2D eigenvalue weighted by molar-refractivity contribution is -0.513. The number of pyridine rings is 1. The molecule has 0 aliphatic heterocycles. The fraction of sp³-hybridized carbons (Fsp3) is 0.130. The molecule has 138 valence electrons. The fourth-order valence-electron chi connectivity index (χ4n) is 3.77. The summed E-state index contributed by atoms with van der Waals surface area (Å²) in [5, 5.41) is 3.83. The summed E-state index contributed by atoms with van der Waals surface area (Å²) in [7, 11) is 0. The van der Waals surface area contributed by atoms with Crippen LogP contribution < -0.4 is 9.72 Å². The van der Waals surface area contributed by atoms with Crippen LogP contribution in [0.4, 0.5) is 0 Å². The van der Waals surface area contributed by atoms with Gasteiger partial charge in [-0.3, -0.25) is 4.79 Å². The van der Waals surface area contributed by atoms with Gasteiger partial charge < -0.3 is 5.32 Å². The Morgan fingerprint density at radius 1 is 1.04 bits per heavy atom. The minimum absolute atomic E-state index is 0.0992. The Kier molecular flexibility index (Phi) is 4.14. The highest BCUT2D eigenvalue weighted by Gasteiger charge is 2.41. The van der Waals surface area contributed by atoms with Crippen LogP contribution in [-0.4, -0.2) is 16.9 Å². The van der Waals surface area contributed by atoms with Crippen LogP contribution in [0.25, 0.3) is 16.8 Å². The van der Waals surface area contributed by atoms with Crippen LogP contribution in [0.15, 0.2) is 79.0 Å². The zero-order valence-electron chi connectivity index (χ0n) is 15.1. The van der Waals surface area contributed by atoms with E-state index in [-0.39, 0.29) is 11.9 Å². The van der Waals surface area contributed by atoms with E-state index < -0.39 is 0 Å². The van der Waals surface area contributed by atoms with Crippen LogP contribution >= 0.6 is 11.6 Å². The molecule has 0 radical (unpaired) electrons. The fourth-order valence-corrected chi connectivity index (χ4v) is 3.96. The van der Waals surface area contributed by atoms with E-state index >= 15 is 0 Å². The zero-order valence-corrected chi connectivity index (χ0v) is 15.9. The Morgan fingerprint density at radius 2 is 1.86 bits per heavy atom. The molecule has 1 aliphatic carbocycles. The van der Waals surface area contributed by atoms with Gasteiger partial charge in [-0.15, -0.1) is 0 Å². The number of fused-ring (bicyclic) bond motifs is 1. The van der Waals surface area contributed by atoms with Crippen molar-refractivity contribution in [2.24, 2.45) is 0 Å². The Balaban J connectivity index is 1.46. The molecular formula is C23H19ClN3O+. The van der Waals surface area contributed by atoms with Crippen molar-refractivity contribution in [3.63, 3.8) is 0 Å². The van der Waals surface area contributed by atoms with Gasteiger partial charge >= 0.3 is 11.7 Å². The number of imidazole rings is 1. The number of hydrogen-bond donors (Lipinski definition) is 2. The van der Waals surface area contributed by atoms with Gasteiger partial charge in [-0.2, -0.15) is 4.40 Å². The van der Waals surface area contributed by atoms with E-state index in [9.17, 15) is 4.79 Å². The van der Waals surface area contributed by atoms with Crippen molar-refractivity contribution in [3.05, 3.63) is 95.4 Å². The van der Waals surface area contributed by atoms with Crippen molar-refractivity contribution in [1.29, 1.82) is 0 Å². The molecule has 0 bridgehead atoms. The molecule has 4 aromatic rings. The molecule has 2 heterocycles. The monoisotopic (exact) mass is 388 g/mol. The van der Waals surface area contributed by atoms with E-state index in [0.717, 1.165) is 23.2 Å². The molecule has 0 saturated heterocycles. The standard InChI is InChI=1S/C23H18ClN3O/c24-17-10-6-9-16(13-17)21-20-11-4-5-12-27(20)22(26-21)23(28)25-19-14-18(19)15-7-2-1-3-8-15/h1-13,18-19H,14H2,(H,25,28)/p+1/t18-,19+/m1/s1.